The van der Waals surface area contributed by atoms with Crippen LogP contribution < -0.4 is 14.8 Å². The first-order valence-corrected chi connectivity index (χ1v) is 6.88. The number of benzene rings is 1. The van der Waals surface area contributed by atoms with Gasteiger partial charge < -0.3 is 24.3 Å². The van der Waals surface area contributed by atoms with Crippen LogP contribution in [0.1, 0.15) is 19.4 Å². The zero-order valence-electron chi connectivity index (χ0n) is 13.0. The topological polar surface area (TPSA) is 66.0 Å². The molecular formula is C15H23NO5. The second kappa shape index (κ2) is 9.20. The highest BCUT2D eigenvalue weighted by molar-refractivity contribution is 5.79. The largest absolute Gasteiger partial charge is 0.493 e. The van der Waals surface area contributed by atoms with Crippen molar-refractivity contribution in [2.75, 3.05) is 27.4 Å². The number of carbonyl (C=O) groups is 1. The Kier molecular flexibility index (Phi) is 7.56. The summed E-state index contributed by atoms with van der Waals surface area (Å²) in [6.07, 6.45) is -0.892. The standard InChI is InChI=1S/C15H23NO5/c1-5-20-15(21-6-2)14(17)16-10-11-8-7-9-12(18-3)13(11)19-4/h7-9,15H,5-6,10H2,1-4H3,(H,16,17). The van der Waals surface area contributed by atoms with Crippen molar-refractivity contribution >= 4 is 5.91 Å². The van der Waals surface area contributed by atoms with E-state index in [9.17, 15) is 4.79 Å². The van der Waals surface area contributed by atoms with Gasteiger partial charge >= 0.3 is 0 Å². The molecule has 0 aliphatic heterocycles. The molecule has 1 aromatic rings. The number of para-hydroxylation sites is 1. The summed E-state index contributed by atoms with van der Waals surface area (Å²) in [4.78, 5) is 12.0. The lowest BCUT2D eigenvalue weighted by molar-refractivity contribution is -0.170. The van der Waals surface area contributed by atoms with Crippen molar-refractivity contribution in [1.82, 2.24) is 5.32 Å². The molecule has 0 spiro atoms. The predicted octanol–water partition coefficient (Wildman–Crippen LogP) is 1.72. The summed E-state index contributed by atoms with van der Waals surface area (Å²) < 4.78 is 21.0. The smallest absolute Gasteiger partial charge is 0.277 e. The second-order valence-corrected chi connectivity index (χ2v) is 4.11. The van der Waals surface area contributed by atoms with Crippen molar-refractivity contribution in [3.63, 3.8) is 0 Å². The summed E-state index contributed by atoms with van der Waals surface area (Å²) in [5.41, 5.74) is 0.817. The van der Waals surface area contributed by atoms with Gasteiger partial charge in [0.2, 0.25) is 6.29 Å². The molecule has 0 unspecified atom stereocenters. The van der Waals surface area contributed by atoms with Gasteiger partial charge in [-0.1, -0.05) is 12.1 Å². The average molecular weight is 297 g/mol. The van der Waals surface area contributed by atoms with Crippen molar-refractivity contribution < 1.29 is 23.7 Å². The highest BCUT2D eigenvalue weighted by atomic mass is 16.7. The van der Waals surface area contributed by atoms with E-state index in [1.165, 1.54) is 0 Å². The molecule has 0 aromatic heterocycles. The molecule has 0 saturated heterocycles. The number of amides is 1. The van der Waals surface area contributed by atoms with Crippen molar-refractivity contribution in [2.45, 2.75) is 26.7 Å². The third kappa shape index (κ3) is 4.91. The molecular weight excluding hydrogens is 274 g/mol. The molecule has 1 amide bonds. The highest BCUT2D eigenvalue weighted by Crippen LogP contribution is 2.30. The van der Waals surface area contributed by atoms with Crippen LogP contribution in [-0.4, -0.2) is 39.6 Å². The summed E-state index contributed by atoms with van der Waals surface area (Å²) in [6.45, 7) is 4.73. The van der Waals surface area contributed by atoms with Crippen LogP contribution in [-0.2, 0) is 20.8 Å². The van der Waals surface area contributed by atoms with E-state index in [1.54, 1.807) is 20.3 Å². The summed E-state index contributed by atoms with van der Waals surface area (Å²) >= 11 is 0. The Morgan fingerprint density at radius 2 is 1.81 bits per heavy atom. The van der Waals surface area contributed by atoms with Crippen LogP contribution in [0.3, 0.4) is 0 Å². The lowest BCUT2D eigenvalue weighted by Crippen LogP contribution is -2.38. The van der Waals surface area contributed by atoms with Crippen molar-refractivity contribution in [1.29, 1.82) is 0 Å². The van der Waals surface area contributed by atoms with E-state index in [4.69, 9.17) is 18.9 Å². The maximum absolute atomic E-state index is 12.0. The molecule has 0 aliphatic rings. The van der Waals surface area contributed by atoms with Crippen LogP contribution in [0.25, 0.3) is 0 Å². The molecule has 0 fully saturated rings. The quantitative estimate of drug-likeness (QED) is 0.703. The Labute approximate surface area is 125 Å². The zero-order valence-corrected chi connectivity index (χ0v) is 13.0. The minimum absolute atomic E-state index is 0.301. The second-order valence-electron chi connectivity index (χ2n) is 4.11. The van der Waals surface area contributed by atoms with E-state index in [-0.39, 0.29) is 5.91 Å². The van der Waals surface area contributed by atoms with Gasteiger partial charge in [-0.2, -0.15) is 0 Å². The van der Waals surface area contributed by atoms with E-state index in [0.29, 0.717) is 31.3 Å². The Hall–Kier alpha value is -1.79. The van der Waals surface area contributed by atoms with Gasteiger partial charge in [-0.15, -0.1) is 0 Å². The summed E-state index contributed by atoms with van der Waals surface area (Å²) in [5, 5.41) is 2.77. The maximum Gasteiger partial charge on any atom is 0.277 e. The molecule has 6 heteroatoms. The predicted molar refractivity (Wildman–Crippen MR) is 78.4 cm³/mol. The van der Waals surface area contributed by atoms with Crippen LogP contribution in [0, 0.1) is 0 Å². The molecule has 21 heavy (non-hydrogen) atoms. The SMILES string of the molecule is CCOC(OCC)C(=O)NCc1cccc(OC)c1OC. The lowest BCUT2D eigenvalue weighted by Gasteiger charge is -2.17. The molecule has 0 bridgehead atoms. The van der Waals surface area contributed by atoms with Gasteiger partial charge in [-0.3, -0.25) is 4.79 Å². The number of ether oxygens (including phenoxy) is 4. The lowest BCUT2D eigenvalue weighted by atomic mass is 10.2. The van der Waals surface area contributed by atoms with Crippen molar-refractivity contribution in [3.8, 4) is 11.5 Å². The Bertz CT molecular complexity index is 444. The van der Waals surface area contributed by atoms with Gasteiger partial charge in [0.25, 0.3) is 5.91 Å². The van der Waals surface area contributed by atoms with Gasteiger partial charge in [0.1, 0.15) is 0 Å². The van der Waals surface area contributed by atoms with Crippen LogP contribution in [0.4, 0.5) is 0 Å². The zero-order chi connectivity index (χ0) is 15.7. The van der Waals surface area contributed by atoms with E-state index in [2.05, 4.69) is 5.32 Å². The van der Waals surface area contributed by atoms with Crippen LogP contribution >= 0.6 is 0 Å². The summed E-state index contributed by atoms with van der Waals surface area (Å²) in [5.74, 6) is 0.906. The first-order chi connectivity index (χ1) is 10.2. The number of hydrogen-bond donors (Lipinski definition) is 1. The molecule has 6 nitrogen and oxygen atoms in total. The molecule has 1 rings (SSSR count). The first-order valence-electron chi connectivity index (χ1n) is 6.88. The normalized spacial score (nSPS) is 10.5. The fourth-order valence-electron chi connectivity index (χ4n) is 1.86. The molecule has 1 aromatic carbocycles. The van der Waals surface area contributed by atoms with E-state index in [1.807, 2.05) is 26.0 Å². The third-order valence-electron chi connectivity index (χ3n) is 2.79. The molecule has 0 saturated carbocycles. The molecule has 0 radical (unpaired) electrons. The van der Waals surface area contributed by atoms with E-state index >= 15 is 0 Å². The summed E-state index contributed by atoms with van der Waals surface area (Å²) in [6, 6.07) is 5.50. The van der Waals surface area contributed by atoms with Gasteiger partial charge in [0.05, 0.1) is 14.2 Å². The number of nitrogens with one attached hydrogen (secondary N) is 1. The van der Waals surface area contributed by atoms with E-state index in [0.717, 1.165) is 5.56 Å². The number of hydrogen-bond acceptors (Lipinski definition) is 5. The van der Waals surface area contributed by atoms with E-state index < -0.39 is 6.29 Å². The Morgan fingerprint density at radius 1 is 1.14 bits per heavy atom. The number of methoxy groups -OCH3 is 2. The number of carbonyl (C=O) groups excluding carboxylic acids is 1. The van der Waals surface area contributed by atoms with Gasteiger partial charge in [-0.25, -0.2) is 0 Å². The van der Waals surface area contributed by atoms with Crippen LogP contribution in [0.15, 0.2) is 18.2 Å². The molecule has 0 aliphatic carbocycles. The van der Waals surface area contributed by atoms with Crippen LogP contribution in [0.2, 0.25) is 0 Å². The van der Waals surface area contributed by atoms with Crippen LogP contribution in [0.5, 0.6) is 11.5 Å². The third-order valence-corrected chi connectivity index (χ3v) is 2.79. The molecule has 0 heterocycles. The van der Waals surface area contributed by atoms with Crippen molar-refractivity contribution in [2.24, 2.45) is 0 Å². The van der Waals surface area contributed by atoms with Gasteiger partial charge in [-0.05, 0) is 19.9 Å². The minimum atomic E-state index is -0.892. The Morgan fingerprint density at radius 3 is 2.33 bits per heavy atom. The fraction of sp³-hybridized carbons (Fsp3) is 0.533. The molecule has 118 valence electrons. The molecule has 1 N–H and O–H groups in total. The fourth-order valence-corrected chi connectivity index (χ4v) is 1.86. The van der Waals surface area contributed by atoms with Gasteiger partial charge in [0, 0.05) is 25.3 Å². The molecule has 0 atom stereocenters. The van der Waals surface area contributed by atoms with Crippen molar-refractivity contribution in [3.05, 3.63) is 23.8 Å². The number of rotatable bonds is 9. The minimum Gasteiger partial charge on any atom is -0.493 e. The maximum atomic E-state index is 12.0. The summed E-state index contributed by atoms with van der Waals surface area (Å²) in [7, 11) is 3.13. The first kappa shape index (κ1) is 17.3. The monoisotopic (exact) mass is 297 g/mol. The average Bonchev–Trinajstić information content (AvgIpc) is 2.51. The Balaban J connectivity index is 2.71. The highest BCUT2D eigenvalue weighted by Gasteiger charge is 2.19. The van der Waals surface area contributed by atoms with Gasteiger partial charge in [0.15, 0.2) is 11.5 Å².